The van der Waals surface area contributed by atoms with Crippen LogP contribution in [0.25, 0.3) is 5.69 Å². The number of benzene rings is 2. The van der Waals surface area contributed by atoms with Crippen LogP contribution in [0.1, 0.15) is 47.5 Å². The second-order valence-corrected chi connectivity index (χ2v) is 10.2. The fourth-order valence-electron chi connectivity index (χ4n) is 4.89. The maximum absolute atomic E-state index is 13.7. The summed E-state index contributed by atoms with van der Waals surface area (Å²) >= 11 is 0. The molecule has 0 spiro atoms. The fraction of sp³-hybridized carbons (Fsp3) is 0.393. The summed E-state index contributed by atoms with van der Waals surface area (Å²) in [7, 11) is 0. The highest BCUT2D eigenvalue weighted by Crippen LogP contribution is 2.40. The molecule has 2 aliphatic rings. The number of piperidine rings is 1. The van der Waals surface area contributed by atoms with Crippen LogP contribution >= 0.6 is 0 Å². The molecule has 1 aliphatic heterocycles. The van der Waals surface area contributed by atoms with E-state index >= 15 is 0 Å². The smallest absolute Gasteiger partial charge is 0.308 e. The largest absolute Gasteiger partial charge is 0.340 e. The van der Waals surface area contributed by atoms with Crippen LogP contribution < -0.4 is 10.6 Å². The number of carbonyl (C=O) groups is 3. The monoisotopic (exact) mass is 554 g/mol. The number of halogens is 3. The lowest BCUT2D eigenvalue weighted by Gasteiger charge is -2.33. The number of hydrogen-bond acceptors (Lipinski definition) is 6. The minimum Gasteiger partial charge on any atom is -0.340 e. The van der Waals surface area contributed by atoms with Crippen molar-refractivity contribution in [2.75, 3.05) is 19.6 Å². The average molecular weight is 555 g/mol. The highest BCUT2D eigenvalue weighted by atomic mass is 19.3. The van der Waals surface area contributed by atoms with E-state index in [4.69, 9.17) is 0 Å². The number of alkyl halides is 2. The van der Waals surface area contributed by atoms with Crippen LogP contribution in [-0.2, 0) is 9.59 Å². The molecule has 1 saturated heterocycles. The van der Waals surface area contributed by atoms with Crippen molar-refractivity contribution in [3.8, 4) is 5.69 Å². The normalized spacial score (nSPS) is 20.7. The molecule has 0 radical (unpaired) electrons. The summed E-state index contributed by atoms with van der Waals surface area (Å²) in [6, 6.07) is 12.2. The lowest BCUT2D eigenvalue weighted by atomic mass is 10.0. The standard InChI is InChI=1S/C28H29F3N6O3/c29-20-7-3-18(4-8-20)22-16-24(22)32-12-1-2-23(27(40)36-14-11-28(30,31)25(38)17-36)34-26(39)19-5-9-21(10-6-19)37-15-13-33-35-37/h3-10,13,15,22-24,32H,1-2,11-12,14,16-17H2,(H,34,39)/t22-,23-,24+/m0/s1. The number of Topliss-reactive ketones (excluding diaryl/α,β-unsaturated/α-hetero) is 1. The van der Waals surface area contributed by atoms with Gasteiger partial charge < -0.3 is 15.5 Å². The van der Waals surface area contributed by atoms with Gasteiger partial charge in [-0.25, -0.2) is 9.07 Å². The van der Waals surface area contributed by atoms with Gasteiger partial charge in [0.2, 0.25) is 11.7 Å². The van der Waals surface area contributed by atoms with Crippen LogP contribution in [0, 0.1) is 5.82 Å². The molecule has 2 aromatic carbocycles. The number of nitrogens with one attached hydrogen (secondary N) is 2. The van der Waals surface area contributed by atoms with E-state index < -0.39 is 42.5 Å². The zero-order chi connectivity index (χ0) is 28.3. The molecule has 12 heteroatoms. The molecular formula is C28H29F3N6O3. The fourth-order valence-corrected chi connectivity index (χ4v) is 4.89. The van der Waals surface area contributed by atoms with E-state index in [0.717, 1.165) is 16.9 Å². The van der Waals surface area contributed by atoms with Crippen molar-refractivity contribution in [2.45, 2.75) is 49.6 Å². The molecule has 2 heterocycles. The molecule has 3 aromatic rings. The zero-order valence-corrected chi connectivity index (χ0v) is 21.6. The molecule has 0 bridgehead atoms. The number of rotatable bonds is 10. The van der Waals surface area contributed by atoms with Gasteiger partial charge in [0, 0.05) is 30.5 Å². The molecule has 2 N–H and O–H groups in total. The molecule has 0 unspecified atom stereocenters. The van der Waals surface area contributed by atoms with Gasteiger partial charge in [0.1, 0.15) is 11.9 Å². The lowest BCUT2D eigenvalue weighted by molar-refractivity contribution is -0.157. The van der Waals surface area contributed by atoms with Crippen LogP contribution in [-0.4, -0.2) is 75.1 Å². The topological polar surface area (TPSA) is 109 Å². The first kappa shape index (κ1) is 27.5. The van der Waals surface area contributed by atoms with Gasteiger partial charge in [0.05, 0.1) is 24.6 Å². The molecule has 2 fully saturated rings. The average Bonchev–Trinajstić information content (AvgIpc) is 3.50. The number of carbonyl (C=O) groups excluding carboxylic acids is 3. The Morgan fingerprint density at radius 2 is 1.85 bits per heavy atom. The Kier molecular flexibility index (Phi) is 7.97. The highest BCUT2D eigenvalue weighted by molar-refractivity contribution is 5.99. The van der Waals surface area contributed by atoms with Crippen molar-refractivity contribution in [1.82, 2.24) is 30.5 Å². The number of likely N-dealkylation sites (tertiary alicyclic amines) is 1. The van der Waals surface area contributed by atoms with Crippen LogP contribution in [0.2, 0.25) is 0 Å². The third-order valence-electron chi connectivity index (χ3n) is 7.33. The first-order valence-corrected chi connectivity index (χ1v) is 13.2. The van der Waals surface area contributed by atoms with Gasteiger partial charge in [-0.1, -0.05) is 17.3 Å². The Morgan fingerprint density at radius 1 is 1.10 bits per heavy atom. The van der Waals surface area contributed by atoms with Gasteiger partial charge in [-0.05, 0) is 67.8 Å². The molecule has 1 aromatic heterocycles. The third-order valence-corrected chi connectivity index (χ3v) is 7.33. The number of aromatic nitrogens is 3. The van der Waals surface area contributed by atoms with Crippen molar-refractivity contribution in [3.05, 3.63) is 77.9 Å². The Labute approximate surface area is 228 Å². The van der Waals surface area contributed by atoms with E-state index in [2.05, 4.69) is 20.9 Å². The summed E-state index contributed by atoms with van der Waals surface area (Å²) < 4.78 is 42.1. The minimum atomic E-state index is -3.45. The van der Waals surface area contributed by atoms with Gasteiger partial charge in [0.25, 0.3) is 5.91 Å². The van der Waals surface area contributed by atoms with Crippen molar-refractivity contribution in [3.63, 3.8) is 0 Å². The molecule has 40 heavy (non-hydrogen) atoms. The van der Waals surface area contributed by atoms with E-state index in [9.17, 15) is 27.6 Å². The molecular weight excluding hydrogens is 525 g/mol. The minimum absolute atomic E-state index is 0.236. The summed E-state index contributed by atoms with van der Waals surface area (Å²) in [5.74, 6) is -5.80. The molecule has 2 amide bonds. The molecule has 3 atom stereocenters. The first-order chi connectivity index (χ1) is 19.2. The highest BCUT2D eigenvalue weighted by Gasteiger charge is 2.45. The Balaban J connectivity index is 1.19. The maximum Gasteiger partial charge on any atom is 0.308 e. The molecule has 1 saturated carbocycles. The summed E-state index contributed by atoms with van der Waals surface area (Å²) in [5, 5.41) is 13.8. The van der Waals surface area contributed by atoms with E-state index in [1.54, 1.807) is 42.6 Å². The van der Waals surface area contributed by atoms with E-state index in [0.29, 0.717) is 30.1 Å². The second-order valence-electron chi connectivity index (χ2n) is 10.2. The molecule has 1 aliphatic carbocycles. The van der Waals surface area contributed by atoms with Crippen LogP contribution in [0.5, 0.6) is 0 Å². The van der Waals surface area contributed by atoms with Crippen LogP contribution in [0.3, 0.4) is 0 Å². The number of ketones is 1. The van der Waals surface area contributed by atoms with Gasteiger partial charge in [0.15, 0.2) is 0 Å². The van der Waals surface area contributed by atoms with Gasteiger partial charge in [-0.15, -0.1) is 5.10 Å². The van der Waals surface area contributed by atoms with E-state index in [-0.39, 0.29) is 24.8 Å². The van der Waals surface area contributed by atoms with Crippen molar-refractivity contribution < 1.29 is 27.6 Å². The van der Waals surface area contributed by atoms with Crippen LogP contribution in [0.4, 0.5) is 13.2 Å². The van der Waals surface area contributed by atoms with Crippen LogP contribution in [0.15, 0.2) is 60.9 Å². The van der Waals surface area contributed by atoms with Gasteiger partial charge in [-0.3, -0.25) is 14.4 Å². The van der Waals surface area contributed by atoms with Crippen molar-refractivity contribution in [2.24, 2.45) is 0 Å². The summed E-state index contributed by atoms with van der Waals surface area (Å²) in [4.78, 5) is 39.3. The molecule has 9 nitrogen and oxygen atoms in total. The number of nitrogens with zero attached hydrogens (tertiary/aromatic N) is 4. The quantitative estimate of drug-likeness (QED) is 0.373. The Morgan fingerprint density at radius 3 is 2.52 bits per heavy atom. The van der Waals surface area contributed by atoms with Gasteiger partial charge in [-0.2, -0.15) is 8.78 Å². The predicted octanol–water partition coefficient (Wildman–Crippen LogP) is 2.87. The Hall–Kier alpha value is -4.06. The maximum atomic E-state index is 13.7. The number of amides is 2. The summed E-state index contributed by atoms with van der Waals surface area (Å²) in [5.41, 5.74) is 2.06. The third kappa shape index (κ3) is 6.39. The van der Waals surface area contributed by atoms with Gasteiger partial charge >= 0.3 is 5.92 Å². The zero-order valence-electron chi connectivity index (χ0n) is 21.6. The second kappa shape index (κ2) is 11.6. The van der Waals surface area contributed by atoms with E-state index in [1.807, 2.05) is 0 Å². The first-order valence-electron chi connectivity index (χ1n) is 13.2. The summed E-state index contributed by atoms with van der Waals surface area (Å²) in [6.45, 7) is -0.397. The molecule has 210 valence electrons. The van der Waals surface area contributed by atoms with E-state index in [1.165, 1.54) is 23.0 Å². The predicted molar refractivity (Wildman–Crippen MR) is 139 cm³/mol. The lowest BCUT2D eigenvalue weighted by Crippen LogP contribution is -2.55. The van der Waals surface area contributed by atoms with Crippen molar-refractivity contribution >= 4 is 17.6 Å². The number of hydrogen-bond donors (Lipinski definition) is 2. The summed E-state index contributed by atoms with van der Waals surface area (Å²) in [6.07, 6.45) is 4.13. The SMILES string of the molecule is O=C(N[C@@H](CCCN[C@@H]1C[C@H]1c1ccc(F)cc1)C(=O)N1CCC(F)(F)C(=O)C1)c1ccc(-n2ccnn2)cc1. The Bertz CT molecular complexity index is 1350. The van der Waals surface area contributed by atoms with Crippen molar-refractivity contribution in [1.29, 1.82) is 0 Å². The molecule has 5 rings (SSSR count).